The summed E-state index contributed by atoms with van der Waals surface area (Å²) in [5.41, 5.74) is 7.22. The van der Waals surface area contributed by atoms with Gasteiger partial charge in [-0.2, -0.15) is 23.1 Å². The van der Waals surface area contributed by atoms with Crippen molar-refractivity contribution in [1.82, 2.24) is 25.2 Å². The summed E-state index contributed by atoms with van der Waals surface area (Å²) >= 11 is 0. The molecule has 0 saturated carbocycles. The Bertz CT molecular complexity index is 1260. The first-order chi connectivity index (χ1) is 19.0. The Labute approximate surface area is 233 Å². The second-order valence-electron chi connectivity index (χ2n) is 12.5. The summed E-state index contributed by atoms with van der Waals surface area (Å²) in [6.45, 7) is 8.98. The van der Waals surface area contributed by atoms with Gasteiger partial charge in [-0.3, -0.25) is 4.90 Å². The third-order valence-electron chi connectivity index (χ3n) is 9.62. The standard InChI is InChI=1S/C29H40F3N7O/c1-17-10-21-22(12-20(17)25-24(29(30,31)32)18(2)11-23(33)36-25)35-27(37-26(21)38(3)15-19-13-34-14-19)40-16-28-6-4-8-39(28)9-5-7-28/h11,17,19-20,34H,4-10,12-16H2,1-3H3,(H2,33,36)/t17-,20-/m0/s1. The second kappa shape index (κ2) is 10.3. The molecule has 6 rings (SSSR count). The van der Waals surface area contributed by atoms with Gasteiger partial charge in [0.25, 0.3) is 0 Å². The molecule has 4 aliphatic rings. The third-order valence-corrected chi connectivity index (χ3v) is 9.62. The van der Waals surface area contributed by atoms with Gasteiger partial charge in [-0.15, -0.1) is 0 Å². The number of alkyl halides is 3. The van der Waals surface area contributed by atoms with E-state index in [0.717, 1.165) is 62.6 Å². The summed E-state index contributed by atoms with van der Waals surface area (Å²) in [5, 5.41) is 3.32. The van der Waals surface area contributed by atoms with E-state index in [1.807, 2.05) is 14.0 Å². The lowest BCUT2D eigenvalue weighted by Gasteiger charge is -2.36. The van der Waals surface area contributed by atoms with E-state index < -0.39 is 17.7 Å². The number of nitrogens with one attached hydrogen (secondary N) is 1. The highest BCUT2D eigenvalue weighted by atomic mass is 19.4. The molecule has 11 heteroatoms. The second-order valence-corrected chi connectivity index (χ2v) is 12.5. The first-order valence-electron chi connectivity index (χ1n) is 14.6. The van der Waals surface area contributed by atoms with E-state index in [-0.39, 0.29) is 28.5 Å². The van der Waals surface area contributed by atoms with Crippen molar-refractivity contribution in [2.24, 2.45) is 11.8 Å². The zero-order valence-corrected chi connectivity index (χ0v) is 23.7. The molecular weight excluding hydrogens is 519 g/mol. The topological polar surface area (TPSA) is 92.4 Å². The number of rotatable bonds is 7. The van der Waals surface area contributed by atoms with Crippen LogP contribution in [-0.4, -0.2) is 71.8 Å². The highest BCUT2D eigenvalue weighted by molar-refractivity contribution is 5.53. The molecule has 218 valence electrons. The van der Waals surface area contributed by atoms with Crippen LogP contribution in [0.4, 0.5) is 24.8 Å². The maximum Gasteiger partial charge on any atom is 0.418 e. The average Bonchev–Trinajstić information content (AvgIpc) is 3.43. The number of nitrogens with zero attached hydrogens (tertiary/aromatic N) is 5. The first-order valence-corrected chi connectivity index (χ1v) is 14.6. The quantitative estimate of drug-likeness (QED) is 0.527. The molecule has 0 spiro atoms. The Morgan fingerprint density at radius 2 is 1.88 bits per heavy atom. The number of nitrogen functional groups attached to an aromatic ring is 1. The van der Waals surface area contributed by atoms with Gasteiger partial charge in [0.05, 0.1) is 22.5 Å². The molecule has 3 saturated heterocycles. The minimum Gasteiger partial charge on any atom is -0.461 e. The van der Waals surface area contributed by atoms with E-state index in [2.05, 4.69) is 20.1 Å². The van der Waals surface area contributed by atoms with Gasteiger partial charge in [-0.05, 0) is 76.1 Å². The van der Waals surface area contributed by atoms with Gasteiger partial charge in [0.15, 0.2) is 0 Å². The molecule has 0 bridgehead atoms. The van der Waals surface area contributed by atoms with Gasteiger partial charge in [0.1, 0.15) is 18.2 Å². The average molecular weight is 560 g/mol. The Balaban J connectivity index is 1.35. The predicted octanol–water partition coefficient (Wildman–Crippen LogP) is 3.96. The Kier molecular flexibility index (Phi) is 7.09. The van der Waals surface area contributed by atoms with Gasteiger partial charge in [-0.1, -0.05) is 6.92 Å². The molecule has 1 aliphatic carbocycles. The Morgan fingerprint density at radius 1 is 1.15 bits per heavy atom. The summed E-state index contributed by atoms with van der Waals surface area (Å²) in [7, 11) is 2.04. The van der Waals surface area contributed by atoms with Crippen LogP contribution < -0.4 is 20.7 Å². The minimum absolute atomic E-state index is 0.0196. The molecule has 0 aromatic carbocycles. The molecule has 3 aliphatic heterocycles. The van der Waals surface area contributed by atoms with Crippen LogP contribution in [0.1, 0.15) is 66.6 Å². The van der Waals surface area contributed by atoms with Gasteiger partial charge < -0.3 is 20.7 Å². The fourth-order valence-corrected chi connectivity index (χ4v) is 7.46. The number of anilines is 2. The number of pyridine rings is 1. The molecule has 0 radical (unpaired) electrons. The minimum atomic E-state index is -4.52. The number of hydrogen-bond donors (Lipinski definition) is 2. The van der Waals surface area contributed by atoms with Crippen LogP contribution in [0.5, 0.6) is 6.01 Å². The number of hydrogen-bond acceptors (Lipinski definition) is 8. The Hall–Kier alpha value is -2.66. The maximum atomic E-state index is 14.2. The van der Waals surface area contributed by atoms with Gasteiger partial charge in [-0.25, -0.2) is 4.98 Å². The highest BCUT2D eigenvalue weighted by Gasteiger charge is 2.45. The molecule has 0 amide bonds. The molecule has 5 heterocycles. The number of fused-ring (bicyclic) bond motifs is 2. The summed E-state index contributed by atoms with van der Waals surface area (Å²) in [6, 6.07) is 1.63. The molecule has 8 nitrogen and oxygen atoms in total. The molecular formula is C29H40F3N7O. The largest absolute Gasteiger partial charge is 0.461 e. The van der Waals surface area contributed by atoms with E-state index in [1.165, 1.54) is 25.8 Å². The van der Waals surface area contributed by atoms with Crippen LogP contribution in [-0.2, 0) is 19.0 Å². The van der Waals surface area contributed by atoms with Crippen molar-refractivity contribution in [2.75, 3.05) is 57.0 Å². The highest BCUT2D eigenvalue weighted by Crippen LogP contribution is 2.45. The number of halogens is 3. The van der Waals surface area contributed by atoms with Crippen LogP contribution in [0.3, 0.4) is 0 Å². The maximum absolute atomic E-state index is 14.2. The van der Waals surface area contributed by atoms with Crippen LogP contribution in [0, 0.1) is 18.8 Å². The smallest absolute Gasteiger partial charge is 0.418 e. The number of ether oxygens (including phenoxy) is 1. The van der Waals surface area contributed by atoms with Crippen molar-refractivity contribution in [3.63, 3.8) is 0 Å². The normalized spacial score (nSPS) is 24.4. The van der Waals surface area contributed by atoms with Crippen LogP contribution in [0.15, 0.2) is 6.07 Å². The molecule has 3 fully saturated rings. The fraction of sp³-hybridized carbons (Fsp3) is 0.690. The molecule has 40 heavy (non-hydrogen) atoms. The van der Waals surface area contributed by atoms with Crippen LogP contribution >= 0.6 is 0 Å². The van der Waals surface area contributed by atoms with E-state index in [1.54, 1.807) is 0 Å². The molecule has 2 aromatic heterocycles. The number of aryl methyl sites for hydroxylation is 1. The lowest BCUT2D eigenvalue weighted by molar-refractivity contribution is -0.139. The summed E-state index contributed by atoms with van der Waals surface area (Å²) in [6.07, 6.45) is 0.942. The molecule has 2 aromatic rings. The first kappa shape index (κ1) is 27.5. The van der Waals surface area contributed by atoms with Gasteiger partial charge >= 0.3 is 12.2 Å². The summed E-state index contributed by atoms with van der Waals surface area (Å²) < 4.78 is 49.0. The summed E-state index contributed by atoms with van der Waals surface area (Å²) in [4.78, 5) is 18.8. The zero-order chi connectivity index (χ0) is 28.2. The van der Waals surface area contributed by atoms with E-state index in [4.69, 9.17) is 20.4 Å². The van der Waals surface area contributed by atoms with Crippen molar-refractivity contribution < 1.29 is 17.9 Å². The van der Waals surface area contributed by atoms with Crippen molar-refractivity contribution in [1.29, 1.82) is 0 Å². The van der Waals surface area contributed by atoms with Crippen LogP contribution in [0.2, 0.25) is 0 Å². The fourth-order valence-electron chi connectivity index (χ4n) is 7.46. The van der Waals surface area contributed by atoms with Gasteiger partial charge in [0.2, 0.25) is 0 Å². The van der Waals surface area contributed by atoms with Crippen molar-refractivity contribution in [2.45, 2.75) is 70.0 Å². The molecule has 2 atom stereocenters. The van der Waals surface area contributed by atoms with Crippen molar-refractivity contribution >= 4 is 11.6 Å². The monoisotopic (exact) mass is 559 g/mol. The number of aromatic nitrogens is 3. The zero-order valence-electron chi connectivity index (χ0n) is 23.7. The third kappa shape index (κ3) is 5.00. The number of nitrogens with two attached hydrogens (primary N) is 1. The molecule has 0 unspecified atom stereocenters. The Morgan fingerprint density at radius 3 is 2.52 bits per heavy atom. The summed E-state index contributed by atoms with van der Waals surface area (Å²) in [5.74, 6) is 0.905. The van der Waals surface area contributed by atoms with Crippen molar-refractivity contribution in [3.05, 3.63) is 34.1 Å². The molecule has 3 N–H and O–H groups in total. The van der Waals surface area contributed by atoms with Crippen LogP contribution in [0.25, 0.3) is 0 Å². The van der Waals surface area contributed by atoms with E-state index in [9.17, 15) is 13.2 Å². The lowest BCUT2D eigenvalue weighted by Crippen LogP contribution is -2.48. The lowest BCUT2D eigenvalue weighted by atomic mass is 9.75. The van der Waals surface area contributed by atoms with Crippen molar-refractivity contribution in [3.8, 4) is 6.01 Å². The van der Waals surface area contributed by atoms with Gasteiger partial charge in [0, 0.05) is 44.1 Å². The van der Waals surface area contributed by atoms with E-state index >= 15 is 0 Å². The predicted molar refractivity (Wildman–Crippen MR) is 148 cm³/mol. The van der Waals surface area contributed by atoms with E-state index in [0.29, 0.717) is 31.4 Å². The SMILES string of the molecule is Cc1cc(N)nc([C@H]2Cc3nc(OCC45CCCN4CCC5)nc(N(C)CC4CNC4)c3C[C@@H]2C)c1C(F)(F)F.